The van der Waals surface area contributed by atoms with Gasteiger partial charge in [0.25, 0.3) is 0 Å². The van der Waals surface area contributed by atoms with Gasteiger partial charge in [-0.2, -0.15) is 0 Å². The summed E-state index contributed by atoms with van der Waals surface area (Å²) in [6, 6.07) is 2.84. The van der Waals surface area contributed by atoms with Crippen LogP contribution < -0.4 is 5.73 Å². The molecule has 0 aliphatic carbocycles. The van der Waals surface area contributed by atoms with Crippen molar-refractivity contribution in [3.63, 3.8) is 0 Å². The van der Waals surface area contributed by atoms with Crippen molar-refractivity contribution in [2.45, 2.75) is 26.8 Å². The highest BCUT2D eigenvalue weighted by atomic mass is 35.5. The molecule has 0 radical (unpaired) electrons. The fourth-order valence-corrected chi connectivity index (χ4v) is 1.80. The smallest absolute Gasteiger partial charge is 0.139 e. The van der Waals surface area contributed by atoms with E-state index in [1.54, 1.807) is 6.07 Å². The Morgan fingerprint density at radius 2 is 1.75 bits per heavy atom. The van der Waals surface area contributed by atoms with Gasteiger partial charge in [-0.05, 0) is 17.5 Å². The van der Waals surface area contributed by atoms with Crippen molar-refractivity contribution in [2.24, 2.45) is 11.1 Å². The summed E-state index contributed by atoms with van der Waals surface area (Å²) in [6.07, 6.45) is 0. The average Bonchev–Trinajstić information content (AvgIpc) is 2.08. The molecule has 1 atom stereocenters. The van der Waals surface area contributed by atoms with Crippen LogP contribution in [0.5, 0.6) is 5.75 Å². The lowest BCUT2D eigenvalue weighted by molar-refractivity contribution is 0.318. The maximum atomic E-state index is 9.79. The van der Waals surface area contributed by atoms with E-state index < -0.39 is 0 Å². The van der Waals surface area contributed by atoms with Gasteiger partial charge in [-0.25, -0.2) is 0 Å². The molecule has 1 aromatic rings. The molecule has 5 heteroatoms. The molecule has 3 N–H and O–H groups in total. The zero-order chi connectivity index (χ0) is 11.8. The highest BCUT2D eigenvalue weighted by Crippen LogP contribution is 2.40. The number of aromatic hydroxyl groups is 1. The molecule has 0 aromatic heterocycles. The van der Waals surface area contributed by atoms with Crippen LogP contribution in [0.25, 0.3) is 0 Å². The molecule has 0 aliphatic heterocycles. The second-order valence-electron chi connectivity index (χ2n) is 4.67. The lowest BCUT2D eigenvalue weighted by Gasteiger charge is -2.28. The Hall–Kier alpha value is -0.150. The molecule has 0 fully saturated rings. The van der Waals surface area contributed by atoms with Crippen LogP contribution in [0.3, 0.4) is 0 Å². The van der Waals surface area contributed by atoms with Crippen molar-refractivity contribution in [3.8, 4) is 5.75 Å². The summed E-state index contributed by atoms with van der Waals surface area (Å²) in [6.45, 7) is 5.98. The third-order valence-corrected chi connectivity index (χ3v) is 2.83. The standard InChI is InChI=1S/C11H15Cl2NO.ClH/c1-11(2,3)10(14)7-4-6(12)5-8(13)9(7)15;/h4-5,10,15H,14H2,1-3H3;1H/t10-;/m1./s1. The lowest BCUT2D eigenvalue weighted by atomic mass is 9.83. The Morgan fingerprint density at radius 3 is 2.19 bits per heavy atom. The van der Waals surface area contributed by atoms with Crippen molar-refractivity contribution >= 4 is 35.6 Å². The van der Waals surface area contributed by atoms with Gasteiger partial charge in [0.15, 0.2) is 0 Å². The molecule has 0 unspecified atom stereocenters. The van der Waals surface area contributed by atoms with Crippen LogP contribution in [0.1, 0.15) is 32.4 Å². The van der Waals surface area contributed by atoms with Crippen LogP contribution in [0.15, 0.2) is 12.1 Å². The minimum absolute atomic E-state index is 0. The minimum Gasteiger partial charge on any atom is -0.506 e. The number of halogens is 3. The molecule has 0 aliphatic rings. The van der Waals surface area contributed by atoms with Gasteiger partial charge in [0.2, 0.25) is 0 Å². The molecule has 0 bridgehead atoms. The van der Waals surface area contributed by atoms with E-state index in [1.165, 1.54) is 6.07 Å². The summed E-state index contributed by atoms with van der Waals surface area (Å²) >= 11 is 11.7. The second-order valence-corrected chi connectivity index (χ2v) is 5.51. The fourth-order valence-electron chi connectivity index (χ4n) is 1.29. The fraction of sp³-hybridized carbons (Fsp3) is 0.455. The number of phenolic OH excluding ortho intramolecular Hbond substituents is 1. The summed E-state index contributed by atoms with van der Waals surface area (Å²) < 4.78 is 0. The SMILES string of the molecule is CC(C)(C)[C@H](N)c1cc(Cl)cc(Cl)c1O.Cl. The van der Waals surface area contributed by atoms with E-state index >= 15 is 0 Å². The quantitative estimate of drug-likeness (QED) is 0.813. The second kappa shape index (κ2) is 5.46. The number of phenols is 1. The molecule has 1 aromatic carbocycles. The van der Waals surface area contributed by atoms with E-state index in [9.17, 15) is 5.11 Å². The predicted molar refractivity (Wildman–Crippen MR) is 71.8 cm³/mol. The number of rotatable bonds is 1. The van der Waals surface area contributed by atoms with E-state index in [0.717, 1.165) is 0 Å². The van der Waals surface area contributed by atoms with E-state index in [2.05, 4.69) is 0 Å². The molecule has 16 heavy (non-hydrogen) atoms. The number of hydrogen-bond acceptors (Lipinski definition) is 2. The van der Waals surface area contributed by atoms with Crippen LogP contribution in [0.4, 0.5) is 0 Å². The summed E-state index contributed by atoms with van der Waals surface area (Å²) in [5.41, 5.74) is 6.46. The number of benzene rings is 1. The molecule has 0 amide bonds. The third kappa shape index (κ3) is 3.42. The normalized spacial score (nSPS) is 13.1. The molecule has 0 heterocycles. The summed E-state index contributed by atoms with van der Waals surface area (Å²) in [4.78, 5) is 0. The van der Waals surface area contributed by atoms with Crippen LogP contribution in [0, 0.1) is 5.41 Å². The van der Waals surface area contributed by atoms with Crippen molar-refractivity contribution in [3.05, 3.63) is 27.7 Å². The lowest BCUT2D eigenvalue weighted by Crippen LogP contribution is -2.26. The predicted octanol–water partition coefficient (Wildman–Crippen LogP) is 4.17. The summed E-state index contributed by atoms with van der Waals surface area (Å²) in [7, 11) is 0. The van der Waals surface area contributed by atoms with Crippen molar-refractivity contribution in [2.75, 3.05) is 0 Å². The maximum absolute atomic E-state index is 9.79. The van der Waals surface area contributed by atoms with E-state index in [-0.39, 0.29) is 34.6 Å². The van der Waals surface area contributed by atoms with Crippen LogP contribution >= 0.6 is 35.6 Å². The van der Waals surface area contributed by atoms with E-state index in [0.29, 0.717) is 10.6 Å². The van der Waals surface area contributed by atoms with Gasteiger partial charge in [-0.15, -0.1) is 12.4 Å². The molecule has 0 spiro atoms. The van der Waals surface area contributed by atoms with E-state index in [4.69, 9.17) is 28.9 Å². The van der Waals surface area contributed by atoms with Gasteiger partial charge >= 0.3 is 0 Å². The Kier molecular flexibility index (Phi) is 5.40. The molecular formula is C11H16Cl3NO. The van der Waals surface area contributed by atoms with Crippen molar-refractivity contribution < 1.29 is 5.11 Å². The highest BCUT2D eigenvalue weighted by molar-refractivity contribution is 6.35. The minimum atomic E-state index is -0.311. The highest BCUT2D eigenvalue weighted by Gasteiger charge is 2.25. The van der Waals surface area contributed by atoms with Crippen LogP contribution in [0.2, 0.25) is 10.0 Å². The number of nitrogens with two attached hydrogens (primary N) is 1. The van der Waals surface area contributed by atoms with Gasteiger partial charge in [0.05, 0.1) is 5.02 Å². The van der Waals surface area contributed by atoms with Gasteiger partial charge in [0, 0.05) is 16.6 Å². The van der Waals surface area contributed by atoms with Gasteiger partial charge in [-0.3, -0.25) is 0 Å². The van der Waals surface area contributed by atoms with Gasteiger partial charge in [0.1, 0.15) is 5.75 Å². The summed E-state index contributed by atoms with van der Waals surface area (Å²) in [5, 5.41) is 10.5. The molecule has 2 nitrogen and oxygen atoms in total. The largest absolute Gasteiger partial charge is 0.506 e. The first-order valence-corrected chi connectivity index (χ1v) is 5.42. The molecule has 0 saturated heterocycles. The topological polar surface area (TPSA) is 46.2 Å². The summed E-state index contributed by atoms with van der Waals surface area (Å²) in [5.74, 6) is 0.0171. The number of hydrogen-bond donors (Lipinski definition) is 2. The zero-order valence-electron chi connectivity index (χ0n) is 9.42. The van der Waals surface area contributed by atoms with E-state index in [1.807, 2.05) is 20.8 Å². The Balaban J connectivity index is 0.00000225. The van der Waals surface area contributed by atoms with Crippen molar-refractivity contribution in [1.29, 1.82) is 0 Å². The first-order chi connectivity index (χ1) is 6.73. The molecular weight excluding hydrogens is 268 g/mol. The average molecular weight is 285 g/mol. The molecule has 1 rings (SSSR count). The first-order valence-electron chi connectivity index (χ1n) is 4.67. The maximum Gasteiger partial charge on any atom is 0.139 e. The Bertz CT molecular complexity index is 374. The Morgan fingerprint density at radius 1 is 1.25 bits per heavy atom. The third-order valence-electron chi connectivity index (χ3n) is 2.33. The zero-order valence-corrected chi connectivity index (χ0v) is 11.7. The van der Waals surface area contributed by atoms with Crippen LogP contribution in [-0.2, 0) is 0 Å². The van der Waals surface area contributed by atoms with Gasteiger partial charge < -0.3 is 10.8 Å². The molecule has 0 saturated carbocycles. The van der Waals surface area contributed by atoms with Crippen LogP contribution in [-0.4, -0.2) is 5.11 Å². The molecule has 92 valence electrons. The Labute approximate surface area is 112 Å². The first kappa shape index (κ1) is 15.9. The van der Waals surface area contributed by atoms with Gasteiger partial charge in [-0.1, -0.05) is 44.0 Å². The monoisotopic (exact) mass is 283 g/mol. The van der Waals surface area contributed by atoms with Crippen molar-refractivity contribution in [1.82, 2.24) is 0 Å².